The summed E-state index contributed by atoms with van der Waals surface area (Å²) in [6, 6.07) is 1.40. The number of halogens is 1. The third kappa shape index (κ3) is 4.02. The van der Waals surface area contributed by atoms with Crippen LogP contribution in [-0.4, -0.2) is 91.0 Å². The van der Waals surface area contributed by atoms with E-state index in [1.165, 1.54) is 12.3 Å². The average molecular weight is 392 g/mol. The maximum atomic E-state index is 13.9. The van der Waals surface area contributed by atoms with Gasteiger partial charge < -0.3 is 35.0 Å². The number of aliphatic hydroxyl groups excluding tert-OH is 5. The van der Waals surface area contributed by atoms with E-state index in [9.17, 15) is 29.9 Å². The molecule has 2 aliphatic heterocycles. The predicted octanol–water partition coefficient (Wildman–Crippen LogP) is -1.93. The fraction of sp³-hybridized carbons (Fsp3) is 0.688. The van der Waals surface area contributed by atoms with E-state index in [1.807, 2.05) is 0 Å². The Morgan fingerprint density at radius 2 is 2.08 bits per heavy atom. The summed E-state index contributed by atoms with van der Waals surface area (Å²) in [4.78, 5) is 3.65. The van der Waals surface area contributed by atoms with Crippen LogP contribution in [-0.2, 0) is 20.4 Å². The second-order valence-electron chi connectivity index (χ2n) is 6.45. The molecule has 3 rings (SSSR count). The Bertz CT molecular complexity index is 612. The molecule has 8 atom stereocenters. The van der Waals surface area contributed by atoms with Gasteiger partial charge in [0.25, 0.3) is 0 Å². The molecule has 0 bridgehead atoms. The van der Waals surface area contributed by atoms with E-state index in [-0.39, 0.29) is 30.3 Å². The summed E-state index contributed by atoms with van der Waals surface area (Å²) in [5.41, 5.74) is 0.117. The van der Waals surface area contributed by atoms with Crippen molar-refractivity contribution in [1.82, 2.24) is 4.98 Å². The van der Waals surface area contributed by atoms with Crippen molar-refractivity contribution >= 4 is 10.9 Å². The molecule has 2 aliphatic rings. The highest BCUT2D eigenvalue weighted by Crippen LogP contribution is 2.31. The standard InChI is InChI=1S/C16H23FNO7S/c17-9-3-18-2-1-8(9)16-24-5-10(20)15(25-16)12(22)7-26-6-11(21)14(23)13(26)4-19/h1-3,10-16,19-23H,4-7H2/q+1/t10-,11-,12-,13-,14+,15+,16?,26?/m1/s1. The van der Waals surface area contributed by atoms with E-state index in [2.05, 4.69) is 4.98 Å². The molecule has 5 N–H and O–H groups in total. The first-order valence-electron chi connectivity index (χ1n) is 8.28. The summed E-state index contributed by atoms with van der Waals surface area (Å²) < 4.78 is 24.8. The number of nitrogens with zero attached hydrogens (tertiary/aromatic N) is 1. The van der Waals surface area contributed by atoms with Crippen molar-refractivity contribution in [2.45, 2.75) is 42.1 Å². The van der Waals surface area contributed by atoms with Gasteiger partial charge in [-0.25, -0.2) is 4.39 Å². The first-order chi connectivity index (χ1) is 12.4. The first-order valence-corrected chi connectivity index (χ1v) is 9.91. The number of ether oxygens (including phenoxy) is 2. The quantitative estimate of drug-likeness (QED) is 0.366. The zero-order valence-electron chi connectivity index (χ0n) is 13.9. The minimum Gasteiger partial charge on any atom is -0.391 e. The number of hydrogen-bond acceptors (Lipinski definition) is 8. The molecule has 2 saturated heterocycles. The van der Waals surface area contributed by atoms with Gasteiger partial charge in [-0.05, 0) is 6.07 Å². The SMILES string of the molecule is OC[C@@H]1[C@@H](O)[C@H](O)C[S+]1C[C@@H](O)[C@H]1OC(c2ccncc2F)OC[C@H]1O. The fourth-order valence-corrected chi connectivity index (χ4v) is 5.93. The average Bonchev–Trinajstić information content (AvgIpc) is 2.89. The molecule has 8 nitrogen and oxygen atoms in total. The molecule has 146 valence electrons. The van der Waals surface area contributed by atoms with E-state index in [1.54, 1.807) is 0 Å². The Labute approximate surface area is 152 Å². The Balaban J connectivity index is 1.68. The number of hydrogen-bond donors (Lipinski definition) is 5. The second kappa shape index (κ2) is 8.44. The fourth-order valence-electron chi connectivity index (χ4n) is 3.25. The van der Waals surface area contributed by atoms with Crippen molar-refractivity contribution in [2.24, 2.45) is 0 Å². The van der Waals surface area contributed by atoms with Gasteiger partial charge in [0.1, 0.15) is 47.8 Å². The van der Waals surface area contributed by atoms with Gasteiger partial charge in [-0.1, -0.05) is 0 Å². The second-order valence-corrected chi connectivity index (χ2v) is 8.79. The number of aliphatic hydroxyl groups is 5. The van der Waals surface area contributed by atoms with Crippen LogP contribution in [0.5, 0.6) is 0 Å². The molecule has 0 radical (unpaired) electrons. The summed E-state index contributed by atoms with van der Waals surface area (Å²) >= 11 is 0. The Morgan fingerprint density at radius 3 is 2.77 bits per heavy atom. The van der Waals surface area contributed by atoms with Crippen molar-refractivity contribution in [3.63, 3.8) is 0 Å². The first kappa shape index (κ1) is 19.9. The largest absolute Gasteiger partial charge is 0.391 e. The maximum absolute atomic E-state index is 13.9. The highest BCUT2D eigenvalue weighted by Gasteiger charge is 2.51. The van der Waals surface area contributed by atoms with Gasteiger partial charge in [0, 0.05) is 22.7 Å². The van der Waals surface area contributed by atoms with Crippen molar-refractivity contribution in [1.29, 1.82) is 0 Å². The van der Waals surface area contributed by atoms with E-state index >= 15 is 0 Å². The van der Waals surface area contributed by atoms with Gasteiger partial charge in [-0.3, -0.25) is 4.98 Å². The molecule has 10 heteroatoms. The molecule has 0 saturated carbocycles. The molecule has 26 heavy (non-hydrogen) atoms. The molecule has 3 heterocycles. The molecular weight excluding hydrogens is 369 g/mol. The van der Waals surface area contributed by atoms with Crippen LogP contribution in [0.4, 0.5) is 4.39 Å². The summed E-state index contributed by atoms with van der Waals surface area (Å²) in [7, 11) is -0.648. The minimum absolute atomic E-state index is 0.117. The Morgan fingerprint density at radius 1 is 1.31 bits per heavy atom. The van der Waals surface area contributed by atoms with Crippen LogP contribution in [0.15, 0.2) is 18.5 Å². The normalized spacial score (nSPS) is 39.1. The number of rotatable bonds is 5. The van der Waals surface area contributed by atoms with E-state index in [4.69, 9.17) is 9.47 Å². The van der Waals surface area contributed by atoms with Crippen LogP contribution in [0.25, 0.3) is 0 Å². The molecule has 0 aliphatic carbocycles. The molecule has 2 unspecified atom stereocenters. The van der Waals surface area contributed by atoms with Gasteiger partial charge in [-0.2, -0.15) is 0 Å². The predicted molar refractivity (Wildman–Crippen MR) is 89.8 cm³/mol. The van der Waals surface area contributed by atoms with Gasteiger partial charge in [0.2, 0.25) is 0 Å². The lowest BCUT2D eigenvalue weighted by molar-refractivity contribution is -0.274. The van der Waals surface area contributed by atoms with Gasteiger partial charge in [-0.15, -0.1) is 0 Å². The van der Waals surface area contributed by atoms with Gasteiger partial charge in [0.05, 0.1) is 19.4 Å². The van der Waals surface area contributed by atoms with Crippen LogP contribution in [0, 0.1) is 5.82 Å². The van der Waals surface area contributed by atoms with Gasteiger partial charge in [0.15, 0.2) is 11.5 Å². The molecule has 2 fully saturated rings. The maximum Gasteiger partial charge on any atom is 0.187 e. The summed E-state index contributed by atoms with van der Waals surface area (Å²) in [5, 5.41) is 49.2. The zero-order valence-corrected chi connectivity index (χ0v) is 14.7. The smallest absolute Gasteiger partial charge is 0.187 e. The molecule has 1 aromatic rings. The monoisotopic (exact) mass is 392 g/mol. The van der Waals surface area contributed by atoms with Crippen molar-refractivity contribution in [3.8, 4) is 0 Å². The third-order valence-corrected chi connectivity index (χ3v) is 7.49. The molecular formula is C16H23FNO7S+. The number of aromatic nitrogens is 1. The molecule has 0 aromatic carbocycles. The van der Waals surface area contributed by atoms with Crippen molar-refractivity contribution in [3.05, 3.63) is 29.8 Å². The third-order valence-electron chi connectivity index (χ3n) is 4.67. The topological polar surface area (TPSA) is 132 Å². The van der Waals surface area contributed by atoms with Crippen LogP contribution in [0.2, 0.25) is 0 Å². The van der Waals surface area contributed by atoms with E-state index in [0.717, 1.165) is 6.20 Å². The van der Waals surface area contributed by atoms with E-state index in [0.29, 0.717) is 0 Å². The zero-order chi connectivity index (χ0) is 18.8. The molecule has 0 amide bonds. The van der Waals surface area contributed by atoms with Crippen LogP contribution in [0.1, 0.15) is 11.9 Å². The lowest BCUT2D eigenvalue weighted by atomic mass is 10.1. The highest BCUT2D eigenvalue weighted by atomic mass is 32.2. The lowest BCUT2D eigenvalue weighted by Crippen LogP contribution is -2.50. The molecule has 1 aromatic heterocycles. The summed E-state index contributed by atoms with van der Waals surface area (Å²) in [5.74, 6) is -0.232. The van der Waals surface area contributed by atoms with Crippen LogP contribution in [0.3, 0.4) is 0 Å². The lowest BCUT2D eigenvalue weighted by Gasteiger charge is -2.36. The van der Waals surface area contributed by atoms with Gasteiger partial charge >= 0.3 is 0 Å². The number of pyridine rings is 1. The van der Waals surface area contributed by atoms with E-state index < -0.39 is 58.8 Å². The highest BCUT2D eigenvalue weighted by molar-refractivity contribution is 7.97. The van der Waals surface area contributed by atoms with Crippen LogP contribution >= 0.6 is 0 Å². The molecule has 0 spiro atoms. The summed E-state index contributed by atoms with van der Waals surface area (Å²) in [6.07, 6.45) is -3.95. The summed E-state index contributed by atoms with van der Waals surface area (Å²) in [6.45, 7) is -0.452. The van der Waals surface area contributed by atoms with Crippen LogP contribution < -0.4 is 0 Å². The van der Waals surface area contributed by atoms with Crippen molar-refractivity contribution in [2.75, 3.05) is 24.7 Å². The minimum atomic E-state index is -1.13. The Kier molecular flexibility index (Phi) is 6.46. The van der Waals surface area contributed by atoms with Crippen molar-refractivity contribution < 1.29 is 39.4 Å². The Hall–Kier alpha value is -0.850.